The SMILES string of the molecule is CCCC1C(C(C)C)C1C(C)CCC(C)C1CC1. The van der Waals surface area contributed by atoms with Crippen molar-refractivity contribution in [3.05, 3.63) is 0 Å². The Hall–Kier alpha value is 0. The van der Waals surface area contributed by atoms with Gasteiger partial charge in [-0.3, -0.25) is 0 Å². The van der Waals surface area contributed by atoms with Crippen molar-refractivity contribution in [1.82, 2.24) is 0 Å². The summed E-state index contributed by atoms with van der Waals surface area (Å²) >= 11 is 0. The Morgan fingerprint density at radius 2 is 1.50 bits per heavy atom. The van der Waals surface area contributed by atoms with Gasteiger partial charge in [0.15, 0.2) is 0 Å². The molecule has 0 radical (unpaired) electrons. The van der Waals surface area contributed by atoms with E-state index in [1.807, 2.05) is 0 Å². The van der Waals surface area contributed by atoms with Gasteiger partial charge in [0.2, 0.25) is 0 Å². The van der Waals surface area contributed by atoms with Gasteiger partial charge in [-0.2, -0.15) is 0 Å². The molecule has 0 spiro atoms. The number of hydrogen-bond acceptors (Lipinski definition) is 0. The fraction of sp³-hybridized carbons (Fsp3) is 1.00. The molecular weight excluding hydrogens is 216 g/mol. The summed E-state index contributed by atoms with van der Waals surface area (Å²) in [5.41, 5.74) is 0. The highest BCUT2D eigenvalue weighted by molar-refractivity contribution is 5.00. The van der Waals surface area contributed by atoms with Crippen LogP contribution in [0.4, 0.5) is 0 Å². The molecule has 0 saturated heterocycles. The smallest absolute Gasteiger partial charge is 0.0324 e. The third-order valence-corrected chi connectivity index (χ3v) is 5.85. The highest BCUT2D eigenvalue weighted by Gasteiger charge is 2.52. The summed E-state index contributed by atoms with van der Waals surface area (Å²) in [5, 5.41) is 0. The zero-order chi connectivity index (χ0) is 13.3. The Labute approximate surface area is 115 Å². The van der Waals surface area contributed by atoms with E-state index in [4.69, 9.17) is 0 Å². The third-order valence-electron chi connectivity index (χ3n) is 5.85. The van der Waals surface area contributed by atoms with Crippen LogP contribution in [-0.2, 0) is 0 Å². The monoisotopic (exact) mass is 250 g/mol. The maximum absolute atomic E-state index is 2.54. The predicted molar refractivity (Wildman–Crippen MR) is 80.5 cm³/mol. The van der Waals surface area contributed by atoms with Crippen molar-refractivity contribution in [1.29, 1.82) is 0 Å². The largest absolute Gasteiger partial charge is 0.0654 e. The Bertz CT molecular complexity index is 251. The lowest BCUT2D eigenvalue weighted by Crippen LogP contribution is -2.06. The molecule has 0 aromatic heterocycles. The molecule has 0 nitrogen and oxygen atoms in total. The molecule has 0 aromatic rings. The summed E-state index contributed by atoms with van der Waals surface area (Å²) in [6, 6.07) is 0. The van der Waals surface area contributed by atoms with Crippen molar-refractivity contribution in [3.8, 4) is 0 Å². The maximum atomic E-state index is 2.54. The van der Waals surface area contributed by atoms with E-state index in [-0.39, 0.29) is 0 Å². The van der Waals surface area contributed by atoms with Crippen LogP contribution < -0.4 is 0 Å². The van der Waals surface area contributed by atoms with Gasteiger partial charge in [-0.1, -0.05) is 60.3 Å². The number of hydrogen-bond donors (Lipinski definition) is 0. The van der Waals surface area contributed by atoms with Crippen LogP contribution in [-0.4, -0.2) is 0 Å². The third kappa shape index (κ3) is 3.31. The number of rotatable bonds is 8. The molecule has 106 valence electrons. The van der Waals surface area contributed by atoms with Gasteiger partial charge in [-0.05, 0) is 54.3 Å². The minimum atomic E-state index is 0.912. The van der Waals surface area contributed by atoms with Crippen LogP contribution in [0.1, 0.15) is 73.1 Å². The van der Waals surface area contributed by atoms with Gasteiger partial charge in [0.25, 0.3) is 0 Å². The minimum absolute atomic E-state index is 0.912. The van der Waals surface area contributed by atoms with E-state index in [0.717, 1.165) is 41.4 Å². The Morgan fingerprint density at radius 1 is 0.889 bits per heavy atom. The Morgan fingerprint density at radius 3 is 2.00 bits per heavy atom. The summed E-state index contributed by atoms with van der Waals surface area (Å²) in [7, 11) is 0. The van der Waals surface area contributed by atoms with Crippen LogP contribution >= 0.6 is 0 Å². The second-order valence-electron chi connectivity index (χ2n) is 7.72. The van der Waals surface area contributed by atoms with E-state index < -0.39 is 0 Å². The molecular formula is C18H34. The first-order valence-corrected chi connectivity index (χ1v) is 8.56. The normalized spacial score (nSPS) is 34.7. The highest BCUT2D eigenvalue weighted by Crippen LogP contribution is 2.58. The fourth-order valence-electron chi connectivity index (χ4n) is 4.51. The molecule has 2 aliphatic carbocycles. The first-order chi connectivity index (χ1) is 8.56. The molecule has 2 fully saturated rings. The summed E-state index contributed by atoms with van der Waals surface area (Å²) in [6.45, 7) is 12.3. The standard InChI is InChI=1S/C18H34/c1-6-7-16-17(12(2)3)18(16)14(5)9-8-13(4)15-10-11-15/h12-18H,6-11H2,1-5H3. The summed E-state index contributed by atoms with van der Waals surface area (Å²) in [4.78, 5) is 0. The molecule has 5 atom stereocenters. The van der Waals surface area contributed by atoms with Gasteiger partial charge in [-0.15, -0.1) is 0 Å². The van der Waals surface area contributed by atoms with E-state index in [9.17, 15) is 0 Å². The van der Waals surface area contributed by atoms with Gasteiger partial charge in [0, 0.05) is 0 Å². The Balaban J connectivity index is 1.75. The van der Waals surface area contributed by atoms with Crippen LogP contribution in [0.3, 0.4) is 0 Å². The van der Waals surface area contributed by atoms with Gasteiger partial charge in [0.1, 0.15) is 0 Å². The first kappa shape index (κ1) is 14.4. The van der Waals surface area contributed by atoms with Gasteiger partial charge < -0.3 is 0 Å². The summed E-state index contributed by atoms with van der Waals surface area (Å²) in [6.07, 6.45) is 8.89. The van der Waals surface area contributed by atoms with Crippen LogP contribution in [0.5, 0.6) is 0 Å². The minimum Gasteiger partial charge on any atom is -0.0654 e. The molecule has 0 aliphatic heterocycles. The molecule has 2 aliphatic rings. The molecule has 0 aromatic carbocycles. The van der Waals surface area contributed by atoms with Gasteiger partial charge >= 0.3 is 0 Å². The van der Waals surface area contributed by atoms with E-state index in [1.165, 1.54) is 38.5 Å². The van der Waals surface area contributed by atoms with Crippen LogP contribution in [0.2, 0.25) is 0 Å². The van der Waals surface area contributed by atoms with Crippen molar-refractivity contribution >= 4 is 0 Å². The van der Waals surface area contributed by atoms with Crippen LogP contribution in [0.25, 0.3) is 0 Å². The molecule has 5 unspecified atom stereocenters. The average Bonchev–Trinajstić information content (AvgIpc) is 3.17. The van der Waals surface area contributed by atoms with E-state index in [1.54, 1.807) is 0 Å². The van der Waals surface area contributed by atoms with Crippen molar-refractivity contribution in [2.45, 2.75) is 73.1 Å². The zero-order valence-electron chi connectivity index (χ0n) is 13.3. The summed E-state index contributed by atoms with van der Waals surface area (Å²) in [5.74, 6) is 7.19. The quantitative estimate of drug-likeness (QED) is 0.513. The zero-order valence-corrected chi connectivity index (χ0v) is 13.3. The molecule has 18 heavy (non-hydrogen) atoms. The van der Waals surface area contributed by atoms with Crippen molar-refractivity contribution < 1.29 is 0 Å². The lowest BCUT2D eigenvalue weighted by atomic mass is 9.90. The van der Waals surface area contributed by atoms with Gasteiger partial charge in [-0.25, -0.2) is 0 Å². The first-order valence-electron chi connectivity index (χ1n) is 8.56. The predicted octanol–water partition coefficient (Wildman–Crippen LogP) is 5.77. The average molecular weight is 250 g/mol. The van der Waals surface area contributed by atoms with E-state index in [2.05, 4.69) is 34.6 Å². The van der Waals surface area contributed by atoms with Crippen molar-refractivity contribution in [3.63, 3.8) is 0 Å². The fourth-order valence-corrected chi connectivity index (χ4v) is 4.51. The van der Waals surface area contributed by atoms with E-state index in [0.29, 0.717) is 0 Å². The highest BCUT2D eigenvalue weighted by atomic mass is 14.6. The lowest BCUT2D eigenvalue weighted by molar-refractivity contribution is 0.346. The van der Waals surface area contributed by atoms with Crippen molar-refractivity contribution in [2.24, 2.45) is 41.4 Å². The van der Waals surface area contributed by atoms with Gasteiger partial charge in [0.05, 0.1) is 0 Å². The van der Waals surface area contributed by atoms with Crippen LogP contribution in [0, 0.1) is 41.4 Å². The van der Waals surface area contributed by atoms with Crippen molar-refractivity contribution in [2.75, 3.05) is 0 Å². The molecule has 0 heteroatoms. The molecule has 2 rings (SSSR count). The maximum Gasteiger partial charge on any atom is -0.0324 e. The lowest BCUT2D eigenvalue weighted by Gasteiger charge is -2.16. The molecule has 2 saturated carbocycles. The van der Waals surface area contributed by atoms with Crippen LogP contribution in [0.15, 0.2) is 0 Å². The second kappa shape index (κ2) is 5.97. The topological polar surface area (TPSA) is 0 Å². The molecule has 0 bridgehead atoms. The Kier molecular flexibility index (Phi) is 4.78. The molecule has 0 N–H and O–H groups in total. The second-order valence-corrected chi connectivity index (χ2v) is 7.72. The van der Waals surface area contributed by atoms with E-state index >= 15 is 0 Å². The molecule has 0 heterocycles. The molecule has 0 amide bonds. The summed E-state index contributed by atoms with van der Waals surface area (Å²) < 4.78 is 0.